The number of carbonyl (C=O) groups is 1. The van der Waals surface area contributed by atoms with Gasteiger partial charge in [0.15, 0.2) is 5.82 Å². The number of amides is 1. The van der Waals surface area contributed by atoms with Crippen molar-refractivity contribution in [3.8, 4) is 11.4 Å². The number of hydrogen-bond donors (Lipinski definition) is 1. The lowest BCUT2D eigenvalue weighted by molar-refractivity contribution is 0.0950. The minimum Gasteiger partial charge on any atom is -0.348 e. The normalized spacial score (nSPS) is 10.4. The molecule has 0 radical (unpaired) electrons. The van der Waals surface area contributed by atoms with Crippen molar-refractivity contribution in [3.05, 3.63) is 77.1 Å². The van der Waals surface area contributed by atoms with Crippen molar-refractivity contribution in [2.45, 2.75) is 6.54 Å². The van der Waals surface area contributed by atoms with Gasteiger partial charge in [0, 0.05) is 47.5 Å². The van der Waals surface area contributed by atoms with Gasteiger partial charge in [-0.1, -0.05) is 17.7 Å². The molecule has 1 N–H and O–H groups in total. The van der Waals surface area contributed by atoms with E-state index in [9.17, 15) is 9.18 Å². The number of nitrogens with zero attached hydrogens (tertiary/aromatic N) is 3. The lowest BCUT2D eigenvalue weighted by Crippen LogP contribution is -2.24. The third-order valence-electron chi connectivity index (χ3n) is 3.32. The highest BCUT2D eigenvalue weighted by atomic mass is 35.5. The summed E-state index contributed by atoms with van der Waals surface area (Å²) < 4.78 is 13.7. The summed E-state index contributed by atoms with van der Waals surface area (Å²) in [6.07, 6.45) is 6.11. The molecule has 2 aromatic heterocycles. The highest BCUT2D eigenvalue weighted by molar-refractivity contribution is 6.31. The van der Waals surface area contributed by atoms with Gasteiger partial charge in [-0.2, -0.15) is 0 Å². The number of hydrogen-bond acceptors (Lipinski definition) is 4. The van der Waals surface area contributed by atoms with Gasteiger partial charge >= 0.3 is 0 Å². The van der Waals surface area contributed by atoms with E-state index < -0.39 is 11.7 Å². The molecule has 3 aromatic rings. The first-order valence-corrected chi connectivity index (χ1v) is 7.46. The van der Waals surface area contributed by atoms with Crippen molar-refractivity contribution in [1.29, 1.82) is 0 Å². The van der Waals surface area contributed by atoms with Crippen molar-refractivity contribution < 1.29 is 9.18 Å². The van der Waals surface area contributed by atoms with Crippen molar-refractivity contribution in [2.24, 2.45) is 0 Å². The Morgan fingerprint density at radius 3 is 2.58 bits per heavy atom. The van der Waals surface area contributed by atoms with Crippen LogP contribution in [-0.2, 0) is 6.54 Å². The molecule has 0 aliphatic carbocycles. The Morgan fingerprint density at radius 1 is 1.12 bits per heavy atom. The first kappa shape index (κ1) is 16.0. The summed E-state index contributed by atoms with van der Waals surface area (Å²) in [5, 5.41) is 2.86. The van der Waals surface area contributed by atoms with Crippen LogP contribution in [-0.4, -0.2) is 20.9 Å². The number of rotatable bonds is 4. The number of benzene rings is 1. The fourth-order valence-electron chi connectivity index (χ4n) is 2.06. The molecule has 0 fully saturated rings. The third kappa shape index (κ3) is 3.55. The lowest BCUT2D eigenvalue weighted by atomic mass is 10.2. The minimum atomic E-state index is -0.467. The second-order valence-electron chi connectivity index (χ2n) is 4.92. The Balaban J connectivity index is 1.70. The van der Waals surface area contributed by atoms with Gasteiger partial charge in [-0.25, -0.2) is 14.4 Å². The van der Waals surface area contributed by atoms with E-state index in [4.69, 9.17) is 11.6 Å². The number of aromatic nitrogens is 3. The van der Waals surface area contributed by atoms with Crippen LogP contribution in [0.15, 0.2) is 55.1 Å². The third-order valence-corrected chi connectivity index (χ3v) is 3.68. The van der Waals surface area contributed by atoms with E-state index >= 15 is 0 Å². The molecule has 3 rings (SSSR count). The van der Waals surface area contributed by atoms with Gasteiger partial charge in [0.2, 0.25) is 0 Å². The van der Waals surface area contributed by atoms with E-state index in [1.165, 1.54) is 24.5 Å². The Hall–Kier alpha value is -2.86. The summed E-state index contributed by atoms with van der Waals surface area (Å²) in [6, 6.07) is 7.96. The second kappa shape index (κ2) is 7.14. The summed E-state index contributed by atoms with van der Waals surface area (Å²) >= 11 is 5.93. The molecule has 24 heavy (non-hydrogen) atoms. The Bertz CT molecular complexity index is 836. The summed E-state index contributed by atoms with van der Waals surface area (Å²) in [4.78, 5) is 24.4. The molecule has 0 aliphatic rings. The molecule has 7 heteroatoms. The van der Waals surface area contributed by atoms with Crippen LogP contribution >= 0.6 is 11.6 Å². The van der Waals surface area contributed by atoms with Crippen LogP contribution in [0, 0.1) is 5.82 Å². The van der Waals surface area contributed by atoms with Gasteiger partial charge in [0.1, 0.15) is 5.82 Å². The van der Waals surface area contributed by atoms with Crippen LogP contribution in [0.25, 0.3) is 11.4 Å². The maximum atomic E-state index is 13.7. The number of nitrogens with one attached hydrogen (secondary N) is 1. The van der Waals surface area contributed by atoms with Crippen LogP contribution in [0.1, 0.15) is 15.9 Å². The highest BCUT2D eigenvalue weighted by Crippen LogP contribution is 2.18. The standard InChI is InChI=1S/C17H12ClFN4O/c18-14-4-1-5-15(19)13(14)10-23-17(24)12-8-21-16(22-9-12)11-3-2-6-20-7-11/h1-9H,10H2,(H,23,24). The van der Waals surface area contributed by atoms with Crippen molar-refractivity contribution in [1.82, 2.24) is 20.3 Å². The topological polar surface area (TPSA) is 67.8 Å². The molecule has 0 unspecified atom stereocenters. The van der Waals surface area contributed by atoms with E-state index in [2.05, 4.69) is 20.3 Å². The lowest BCUT2D eigenvalue weighted by Gasteiger charge is -2.08. The summed E-state index contributed by atoms with van der Waals surface area (Å²) in [6.45, 7) is -0.0192. The summed E-state index contributed by atoms with van der Waals surface area (Å²) in [7, 11) is 0. The molecule has 2 heterocycles. The molecule has 0 atom stereocenters. The SMILES string of the molecule is O=C(NCc1c(F)cccc1Cl)c1cnc(-c2cccnc2)nc1. The van der Waals surface area contributed by atoms with E-state index in [1.807, 2.05) is 6.07 Å². The average molecular weight is 343 g/mol. The van der Waals surface area contributed by atoms with E-state index in [0.29, 0.717) is 5.82 Å². The molecule has 1 amide bonds. The second-order valence-corrected chi connectivity index (χ2v) is 5.33. The molecule has 5 nitrogen and oxygen atoms in total. The van der Waals surface area contributed by atoms with Crippen molar-refractivity contribution in [2.75, 3.05) is 0 Å². The zero-order valence-corrected chi connectivity index (χ0v) is 13.2. The molecule has 0 spiro atoms. The van der Waals surface area contributed by atoms with Crippen molar-refractivity contribution in [3.63, 3.8) is 0 Å². The summed E-state index contributed by atoms with van der Waals surface area (Å²) in [5.74, 6) is -0.408. The summed E-state index contributed by atoms with van der Waals surface area (Å²) in [5.41, 5.74) is 1.26. The predicted octanol–water partition coefficient (Wildman–Crippen LogP) is 3.26. The molecular weight excluding hydrogens is 331 g/mol. The molecule has 0 aliphatic heterocycles. The van der Waals surface area contributed by atoms with Gasteiger partial charge in [-0.3, -0.25) is 9.78 Å². The largest absolute Gasteiger partial charge is 0.348 e. The van der Waals surface area contributed by atoms with E-state index in [0.717, 1.165) is 5.56 Å². The van der Waals surface area contributed by atoms with Crippen LogP contribution in [0.2, 0.25) is 5.02 Å². The van der Waals surface area contributed by atoms with Gasteiger partial charge in [0.25, 0.3) is 5.91 Å². The van der Waals surface area contributed by atoms with Gasteiger partial charge < -0.3 is 5.32 Å². The number of pyridine rings is 1. The van der Waals surface area contributed by atoms with Gasteiger partial charge in [-0.05, 0) is 24.3 Å². The predicted molar refractivity (Wildman–Crippen MR) is 87.8 cm³/mol. The van der Waals surface area contributed by atoms with E-state index in [-0.39, 0.29) is 22.7 Å². The zero-order valence-electron chi connectivity index (χ0n) is 12.4. The zero-order chi connectivity index (χ0) is 16.9. The number of halogens is 2. The Labute approximate surface area is 142 Å². The highest BCUT2D eigenvalue weighted by Gasteiger charge is 2.11. The molecule has 0 bridgehead atoms. The number of carbonyl (C=O) groups excluding carboxylic acids is 1. The average Bonchev–Trinajstić information content (AvgIpc) is 2.62. The molecule has 120 valence electrons. The van der Waals surface area contributed by atoms with Crippen LogP contribution < -0.4 is 5.32 Å². The smallest absolute Gasteiger partial charge is 0.254 e. The van der Waals surface area contributed by atoms with Gasteiger partial charge in [-0.15, -0.1) is 0 Å². The van der Waals surface area contributed by atoms with Crippen molar-refractivity contribution >= 4 is 17.5 Å². The maximum absolute atomic E-state index is 13.7. The fourth-order valence-corrected chi connectivity index (χ4v) is 2.29. The van der Waals surface area contributed by atoms with E-state index in [1.54, 1.807) is 24.5 Å². The van der Waals surface area contributed by atoms with Crippen LogP contribution in [0.4, 0.5) is 4.39 Å². The molecule has 1 aromatic carbocycles. The monoisotopic (exact) mass is 342 g/mol. The molecular formula is C17H12ClFN4O. The Morgan fingerprint density at radius 2 is 1.92 bits per heavy atom. The quantitative estimate of drug-likeness (QED) is 0.790. The first-order chi connectivity index (χ1) is 11.6. The first-order valence-electron chi connectivity index (χ1n) is 7.08. The minimum absolute atomic E-state index is 0.0192. The fraction of sp³-hybridized carbons (Fsp3) is 0.0588. The Kier molecular flexibility index (Phi) is 4.77. The van der Waals surface area contributed by atoms with Crippen LogP contribution in [0.5, 0.6) is 0 Å². The molecule has 0 saturated carbocycles. The molecule has 0 saturated heterocycles. The maximum Gasteiger partial charge on any atom is 0.254 e. The van der Waals surface area contributed by atoms with Crippen LogP contribution in [0.3, 0.4) is 0 Å². The van der Waals surface area contributed by atoms with Gasteiger partial charge in [0.05, 0.1) is 5.56 Å².